The van der Waals surface area contributed by atoms with Crippen LogP contribution in [0, 0.1) is 18.3 Å². The lowest BCUT2D eigenvalue weighted by molar-refractivity contribution is -0.161. The molecule has 0 radical (unpaired) electrons. The van der Waals surface area contributed by atoms with E-state index in [4.69, 9.17) is 31.5 Å². The Morgan fingerprint density at radius 3 is 2.54 bits per heavy atom. The number of piperidine rings is 1. The first kappa shape index (κ1) is 27.5. The standard InChI is InChI=1S/C27H39ClN2O5/c1-7-12-33-22-14-21(28)17(2)13-19(22)20(15-26(3,4)25(29)32)18-8-10-30(11-9-18)24(31)23-16-34-27(5,6)35-23/h7,13-14,18,20,23H,1,8-12,15-16H2,2-6H3,(H2,29,32)/t20-,23-/m1/s1. The molecule has 0 bridgehead atoms. The van der Waals surface area contributed by atoms with E-state index in [-0.39, 0.29) is 30.3 Å². The summed E-state index contributed by atoms with van der Waals surface area (Å²) in [5, 5.41) is 0.628. The summed E-state index contributed by atoms with van der Waals surface area (Å²) in [6.45, 7) is 15.0. The fraction of sp³-hybridized carbons (Fsp3) is 0.630. The maximum Gasteiger partial charge on any atom is 0.254 e. The van der Waals surface area contributed by atoms with Crippen LogP contribution in [0.25, 0.3) is 0 Å². The Labute approximate surface area is 213 Å². The summed E-state index contributed by atoms with van der Waals surface area (Å²) in [5.41, 5.74) is 7.03. The number of aryl methyl sites for hydroxylation is 1. The SMILES string of the molecule is C=CCOc1cc(Cl)c(C)cc1[C@H](CC(C)(C)C(N)=O)C1CCN(C(=O)[C@H]2COC(C)(C)O2)CC1. The predicted octanol–water partition coefficient (Wildman–Crippen LogP) is 4.59. The molecule has 0 saturated carbocycles. The van der Waals surface area contributed by atoms with E-state index in [0.717, 1.165) is 24.0 Å². The first-order valence-corrected chi connectivity index (χ1v) is 12.7. The lowest BCUT2D eigenvalue weighted by Gasteiger charge is -2.39. The third-order valence-electron chi connectivity index (χ3n) is 7.15. The lowest BCUT2D eigenvalue weighted by Crippen LogP contribution is -2.46. The van der Waals surface area contributed by atoms with E-state index in [0.29, 0.717) is 36.9 Å². The fourth-order valence-corrected chi connectivity index (χ4v) is 5.12. The summed E-state index contributed by atoms with van der Waals surface area (Å²) in [6.07, 6.45) is 3.29. The highest BCUT2D eigenvalue weighted by Gasteiger charge is 2.41. The zero-order valence-electron chi connectivity index (χ0n) is 21.6. The normalized spacial score (nSPS) is 21.5. The largest absolute Gasteiger partial charge is 0.489 e. The van der Waals surface area contributed by atoms with Gasteiger partial charge in [0.25, 0.3) is 5.91 Å². The number of ether oxygens (including phenoxy) is 3. The number of carbonyl (C=O) groups excluding carboxylic acids is 2. The quantitative estimate of drug-likeness (QED) is 0.495. The summed E-state index contributed by atoms with van der Waals surface area (Å²) in [4.78, 5) is 27.2. The molecule has 194 valence electrons. The molecule has 2 saturated heterocycles. The molecule has 3 rings (SSSR count). The van der Waals surface area contributed by atoms with Crippen LogP contribution in [0.2, 0.25) is 5.02 Å². The summed E-state index contributed by atoms with van der Waals surface area (Å²) in [6, 6.07) is 3.91. The molecule has 2 aliphatic heterocycles. The number of rotatable bonds is 9. The van der Waals surface area contributed by atoms with Crippen molar-refractivity contribution in [2.75, 3.05) is 26.3 Å². The number of halogens is 1. The number of carbonyl (C=O) groups is 2. The summed E-state index contributed by atoms with van der Waals surface area (Å²) < 4.78 is 17.4. The smallest absolute Gasteiger partial charge is 0.254 e. The van der Waals surface area contributed by atoms with Crippen molar-refractivity contribution in [1.29, 1.82) is 0 Å². The molecule has 35 heavy (non-hydrogen) atoms. The van der Waals surface area contributed by atoms with E-state index in [9.17, 15) is 9.59 Å². The molecule has 0 aromatic heterocycles. The minimum absolute atomic E-state index is 0.00975. The van der Waals surface area contributed by atoms with Gasteiger partial charge in [0, 0.05) is 23.5 Å². The van der Waals surface area contributed by atoms with Crippen LogP contribution in [0.5, 0.6) is 5.75 Å². The average molecular weight is 507 g/mol. The Balaban J connectivity index is 1.84. The van der Waals surface area contributed by atoms with Crippen LogP contribution in [-0.4, -0.2) is 54.9 Å². The number of nitrogens with zero attached hydrogens (tertiary/aromatic N) is 1. The number of amides is 2. The molecule has 2 fully saturated rings. The van der Waals surface area contributed by atoms with Gasteiger partial charge in [0.1, 0.15) is 12.4 Å². The molecular weight excluding hydrogens is 468 g/mol. The molecule has 2 aliphatic rings. The minimum atomic E-state index is -0.738. The van der Waals surface area contributed by atoms with E-state index >= 15 is 0 Å². The predicted molar refractivity (Wildman–Crippen MR) is 136 cm³/mol. The second kappa shape index (κ2) is 10.9. The van der Waals surface area contributed by atoms with Gasteiger partial charge in [-0.25, -0.2) is 0 Å². The zero-order chi connectivity index (χ0) is 26.0. The van der Waals surface area contributed by atoms with Gasteiger partial charge in [-0.15, -0.1) is 0 Å². The summed E-state index contributed by atoms with van der Waals surface area (Å²) in [5.74, 6) is -0.158. The molecule has 7 nitrogen and oxygen atoms in total. The number of hydrogen-bond acceptors (Lipinski definition) is 5. The number of benzene rings is 1. The third kappa shape index (κ3) is 6.57. The van der Waals surface area contributed by atoms with E-state index in [2.05, 4.69) is 12.6 Å². The average Bonchev–Trinajstić information content (AvgIpc) is 3.17. The van der Waals surface area contributed by atoms with E-state index in [1.54, 1.807) is 6.08 Å². The fourth-order valence-electron chi connectivity index (χ4n) is 4.96. The first-order valence-electron chi connectivity index (χ1n) is 12.3. The third-order valence-corrected chi connectivity index (χ3v) is 7.56. The van der Waals surface area contributed by atoms with Crippen molar-refractivity contribution < 1.29 is 23.8 Å². The Kier molecular flexibility index (Phi) is 8.56. The summed E-state index contributed by atoms with van der Waals surface area (Å²) >= 11 is 6.43. The number of primary amides is 1. The van der Waals surface area contributed by atoms with Crippen molar-refractivity contribution in [3.63, 3.8) is 0 Å². The second-order valence-corrected chi connectivity index (χ2v) is 11.2. The van der Waals surface area contributed by atoms with Crippen LogP contribution in [0.3, 0.4) is 0 Å². The van der Waals surface area contributed by atoms with Gasteiger partial charge < -0.3 is 24.8 Å². The van der Waals surface area contributed by atoms with Crippen molar-refractivity contribution >= 4 is 23.4 Å². The highest BCUT2D eigenvalue weighted by atomic mass is 35.5. The maximum absolute atomic E-state index is 13.0. The van der Waals surface area contributed by atoms with Crippen LogP contribution in [0.4, 0.5) is 0 Å². The molecule has 0 aliphatic carbocycles. The van der Waals surface area contributed by atoms with Gasteiger partial charge in [-0.1, -0.05) is 44.2 Å². The van der Waals surface area contributed by atoms with Crippen molar-refractivity contribution in [1.82, 2.24) is 4.90 Å². The maximum atomic E-state index is 13.0. The number of hydrogen-bond donors (Lipinski definition) is 1. The Hall–Kier alpha value is -2.09. The highest BCUT2D eigenvalue weighted by molar-refractivity contribution is 6.31. The minimum Gasteiger partial charge on any atom is -0.489 e. The molecule has 8 heteroatoms. The van der Waals surface area contributed by atoms with Crippen molar-refractivity contribution in [2.24, 2.45) is 17.1 Å². The van der Waals surface area contributed by atoms with Gasteiger partial charge in [0.2, 0.25) is 5.91 Å². The van der Waals surface area contributed by atoms with Crippen LogP contribution >= 0.6 is 11.6 Å². The highest BCUT2D eigenvalue weighted by Crippen LogP contribution is 2.45. The first-order chi connectivity index (χ1) is 16.3. The monoisotopic (exact) mass is 506 g/mol. The molecule has 2 amide bonds. The van der Waals surface area contributed by atoms with Crippen LogP contribution in [0.15, 0.2) is 24.8 Å². The number of likely N-dealkylation sites (tertiary alicyclic amines) is 1. The van der Waals surface area contributed by atoms with Crippen molar-refractivity contribution in [2.45, 2.75) is 71.7 Å². The van der Waals surface area contributed by atoms with Crippen LogP contribution < -0.4 is 10.5 Å². The van der Waals surface area contributed by atoms with Gasteiger partial charge in [-0.2, -0.15) is 0 Å². The van der Waals surface area contributed by atoms with Crippen molar-refractivity contribution in [3.05, 3.63) is 40.9 Å². The Morgan fingerprint density at radius 2 is 2.00 bits per heavy atom. The number of nitrogens with two attached hydrogens (primary N) is 1. The van der Waals surface area contributed by atoms with Crippen LogP contribution in [0.1, 0.15) is 64.0 Å². The Morgan fingerprint density at radius 1 is 1.34 bits per heavy atom. The van der Waals surface area contributed by atoms with Gasteiger partial charge in [0.15, 0.2) is 11.9 Å². The van der Waals surface area contributed by atoms with Crippen molar-refractivity contribution in [3.8, 4) is 5.75 Å². The van der Waals surface area contributed by atoms with Gasteiger partial charge in [-0.3, -0.25) is 9.59 Å². The molecule has 1 aromatic carbocycles. The molecule has 2 N–H and O–H groups in total. The Bertz CT molecular complexity index is 953. The van der Waals surface area contributed by atoms with E-state index in [1.807, 2.05) is 45.6 Å². The summed E-state index contributed by atoms with van der Waals surface area (Å²) in [7, 11) is 0. The van der Waals surface area contributed by atoms with Crippen LogP contribution in [-0.2, 0) is 19.1 Å². The van der Waals surface area contributed by atoms with Gasteiger partial charge >= 0.3 is 0 Å². The van der Waals surface area contributed by atoms with E-state index in [1.165, 1.54) is 0 Å². The molecule has 0 unspecified atom stereocenters. The molecule has 0 spiro atoms. The molecule has 2 atom stereocenters. The zero-order valence-corrected chi connectivity index (χ0v) is 22.3. The molecule has 1 aromatic rings. The molecule has 2 heterocycles. The second-order valence-electron chi connectivity index (χ2n) is 10.8. The van der Waals surface area contributed by atoms with E-state index < -0.39 is 17.3 Å². The lowest BCUT2D eigenvalue weighted by atomic mass is 9.70. The van der Waals surface area contributed by atoms with Gasteiger partial charge in [-0.05, 0) is 69.1 Å². The topological polar surface area (TPSA) is 91.1 Å². The van der Waals surface area contributed by atoms with Gasteiger partial charge in [0.05, 0.1) is 6.61 Å². The molecular formula is C27H39ClN2O5.